The predicted molar refractivity (Wildman–Crippen MR) is 86.1 cm³/mol. The van der Waals surface area contributed by atoms with Gasteiger partial charge >= 0.3 is 0 Å². The number of methoxy groups -OCH3 is 1. The van der Waals surface area contributed by atoms with Crippen LogP contribution in [0.3, 0.4) is 0 Å². The van der Waals surface area contributed by atoms with Gasteiger partial charge < -0.3 is 14.8 Å². The Morgan fingerprint density at radius 2 is 2.25 bits per heavy atom. The molecule has 0 fully saturated rings. The molecule has 1 aromatic carbocycles. The number of thioether (sulfide) groups is 1. The van der Waals surface area contributed by atoms with Crippen LogP contribution in [0.15, 0.2) is 18.2 Å². The standard InChI is InChI=1S/C16H25NO2S/c1-4-17-15-10-13(8-9-20-5-2)19-16-11-12(18-3)6-7-14(15)16/h6-7,11,13,15,17H,4-5,8-10H2,1-3H3. The van der Waals surface area contributed by atoms with Crippen molar-refractivity contribution in [1.82, 2.24) is 5.32 Å². The number of ether oxygens (including phenoxy) is 2. The van der Waals surface area contributed by atoms with E-state index >= 15 is 0 Å². The van der Waals surface area contributed by atoms with Gasteiger partial charge in [0.1, 0.15) is 17.6 Å². The lowest BCUT2D eigenvalue weighted by atomic mass is 9.95. The molecule has 4 heteroatoms. The number of hydrogen-bond acceptors (Lipinski definition) is 4. The van der Waals surface area contributed by atoms with Crippen LogP contribution in [0, 0.1) is 0 Å². The summed E-state index contributed by atoms with van der Waals surface area (Å²) in [4.78, 5) is 0. The third kappa shape index (κ3) is 3.83. The molecule has 0 saturated heterocycles. The summed E-state index contributed by atoms with van der Waals surface area (Å²) in [6.45, 7) is 5.33. The van der Waals surface area contributed by atoms with Crippen molar-refractivity contribution in [2.75, 3.05) is 25.2 Å². The molecule has 1 N–H and O–H groups in total. The lowest BCUT2D eigenvalue weighted by molar-refractivity contribution is 0.147. The summed E-state index contributed by atoms with van der Waals surface area (Å²) >= 11 is 1.98. The molecule has 0 aliphatic carbocycles. The minimum Gasteiger partial charge on any atom is -0.497 e. The van der Waals surface area contributed by atoms with Gasteiger partial charge in [-0.2, -0.15) is 11.8 Å². The maximum absolute atomic E-state index is 6.16. The SMILES string of the molecule is CCNC1CC(CCSCC)Oc2cc(OC)ccc21. The molecule has 0 saturated carbocycles. The van der Waals surface area contributed by atoms with Crippen LogP contribution in [0.4, 0.5) is 0 Å². The zero-order chi connectivity index (χ0) is 14.4. The highest BCUT2D eigenvalue weighted by atomic mass is 32.2. The summed E-state index contributed by atoms with van der Waals surface area (Å²) in [5, 5.41) is 3.57. The molecule has 2 rings (SSSR count). The van der Waals surface area contributed by atoms with Gasteiger partial charge in [-0.15, -0.1) is 0 Å². The van der Waals surface area contributed by atoms with Gasteiger partial charge in [0.2, 0.25) is 0 Å². The fraction of sp³-hybridized carbons (Fsp3) is 0.625. The molecule has 112 valence electrons. The number of benzene rings is 1. The molecule has 0 spiro atoms. The van der Waals surface area contributed by atoms with E-state index in [1.54, 1.807) is 7.11 Å². The molecule has 1 aliphatic rings. The van der Waals surface area contributed by atoms with E-state index in [4.69, 9.17) is 9.47 Å². The topological polar surface area (TPSA) is 30.5 Å². The van der Waals surface area contributed by atoms with Crippen molar-refractivity contribution in [1.29, 1.82) is 0 Å². The second kappa shape index (κ2) is 7.79. The maximum Gasteiger partial charge on any atom is 0.128 e. The maximum atomic E-state index is 6.16. The fourth-order valence-electron chi connectivity index (χ4n) is 2.62. The zero-order valence-electron chi connectivity index (χ0n) is 12.6. The van der Waals surface area contributed by atoms with Crippen LogP contribution in [-0.4, -0.2) is 31.3 Å². The number of nitrogens with one attached hydrogen (secondary N) is 1. The molecule has 0 amide bonds. The molecule has 0 aromatic heterocycles. The first-order valence-corrected chi connectivity index (χ1v) is 8.59. The largest absolute Gasteiger partial charge is 0.497 e. The Bertz CT molecular complexity index is 425. The Labute approximate surface area is 126 Å². The van der Waals surface area contributed by atoms with Crippen molar-refractivity contribution in [3.63, 3.8) is 0 Å². The van der Waals surface area contributed by atoms with Gasteiger partial charge in [0.15, 0.2) is 0 Å². The van der Waals surface area contributed by atoms with Gasteiger partial charge in [-0.3, -0.25) is 0 Å². The molecule has 0 radical (unpaired) electrons. The van der Waals surface area contributed by atoms with Gasteiger partial charge in [0, 0.05) is 24.1 Å². The summed E-state index contributed by atoms with van der Waals surface area (Å²) in [5.41, 5.74) is 1.26. The molecule has 3 nitrogen and oxygen atoms in total. The number of rotatable bonds is 7. The van der Waals surface area contributed by atoms with E-state index in [0.29, 0.717) is 12.1 Å². The minimum atomic E-state index is 0.303. The Hall–Kier alpha value is -0.870. The molecule has 20 heavy (non-hydrogen) atoms. The second-order valence-electron chi connectivity index (χ2n) is 4.98. The first-order valence-electron chi connectivity index (χ1n) is 7.44. The van der Waals surface area contributed by atoms with Crippen molar-refractivity contribution >= 4 is 11.8 Å². The molecule has 1 heterocycles. The molecular formula is C16H25NO2S. The van der Waals surface area contributed by atoms with Crippen LogP contribution in [0.25, 0.3) is 0 Å². The average Bonchev–Trinajstić information content (AvgIpc) is 2.47. The zero-order valence-corrected chi connectivity index (χ0v) is 13.5. The van der Waals surface area contributed by atoms with Gasteiger partial charge in [-0.1, -0.05) is 19.9 Å². The van der Waals surface area contributed by atoms with E-state index in [2.05, 4.69) is 25.2 Å². The Morgan fingerprint density at radius 1 is 1.40 bits per heavy atom. The van der Waals surface area contributed by atoms with E-state index < -0.39 is 0 Å². The summed E-state index contributed by atoms with van der Waals surface area (Å²) < 4.78 is 11.5. The van der Waals surface area contributed by atoms with Gasteiger partial charge in [-0.05, 0) is 30.5 Å². The van der Waals surface area contributed by atoms with E-state index in [1.165, 1.54) is 17.1 Å². The van der Waals surface area contributed by atoms with Crippen molar-refractivity contribution < 1.29 is 9.47 Å². The van der Waals surface area contributed by atoms with Crippen LogP contribution in [0.2, 0.25) is 0 Å². The summed E-state index contributed by atoms with van der Waals surface area (Å²) in [5.74, 6) is 4.18. The van der Waals surface area contributed by atoms with Crippen molar-refractivity contribution in [2.24, 2.45) is 0 Å². The summed E-state index contributed by atoms with van der Waals surface area (Å²) in [6, 6.07) is 6.54. The first-order chi connectivity index (χ1) is 9.78. The highest BCUT2D eigenvalue weighted by Gasteiger charge is 2.27. The van der Waals surface area contributed by atoms with E-state index in [-0.39, 0.29) is 0 Å². The van der Waals surface area contributed by atoms with Gasteiger partial charge in [0.05, 0.1) is 7.11 Å². The highest BCUT2D eigenvalue weighted by molar-refractivity contribution is 7.99. The van der Waals surface area contributed by atoms with Crippen LogP contribution in [0.1, 0.15) is 38.3 Å². The van der Waals surface area contributed by atoms with Crippen molar-refractivity contribution in [2.45, 2.75) is 38.8 Å². The Balaban J connectivity index is 2.12. The predicted octanol–water partition coefficient (Wildman–Crippen LogP) is 3.64. The van der Waals surface area contributed by atoms with Crippen LogP contribution < -0.4 is 14.8 Å². The van der Waals surface area contributed by atoms with E-state index in [9.17, 15) is 0 Å². The quantitative estimate of drug-likeness (QED) is 0.778. The fourth-order valence-corrected chi connectivity index (χ4v) is 3.34. The molecule has 1 aromatic rings. The van der Waals surface area contributed by atoms with Crippen LogP contribution in [-0.2, 0) is 0 Å². The smallest absolute Gasteiger partial charge is 0.128 e. The second-order valence-corrected chi connectivity index (χ2v) is 6.37. The van der Waals surface area contributed by atoms with Crippen molar-refractivity contribution in [3.05, 3.63) is 23.8 Å². The number of fused-ring (bicyclic) bond motifs is 1. The average molecular weight is 295 g/mol. The lowest BCUT2D eigenvalue weighted by Crippen LogP contribution is -2.33. The molecule has 2 atom stereocenters. The normalized spacial score (nSPS) is 21.1. The monoisotopic (exact) mass is 295 g/mol. The first kappa shape index (κ1) is 15.5. The molecule has 0 bridgehead atoms. The highest BCUT2D eigenvalue weighted by Crippen LogP contribution is 2.38. The molecule has 1 aliphatic heterocycles. The lowest BCUT2D eigenvalue weighted by Gasteiger charge is -2.33. The summed E-state index contributed by atoms with van der Waals surface area (Å²) in [7, 11) is 1.70. The minimum absolute atomic E-state index is 0.303. The van der Waals surface area contributed by atoms with E-state index in [1.807, 2.05) is 23.9 Å². The van der Waals surface area contributed by atoms with Crippen LogP contribution >= 0.6 is 11.8 Å². The molecular weight excluding hydrogens is 270 g/mol. The van der Waals surface area contributed by atoms with Gasteiger partial charge in [-0.25, -0.2) is 0 Å². The third-order valence-corrected chi connectivity index (χ3v) is 4.56. The Morgan fingerprint density at radius 3 is 2.95 bits per heavy atom. The van der Waals surface area contributed by atoms with Crippen LogP contribution in [0.5, 0.6) is 11.5 Å². The van der Waals surface area contributed by atoms with Crippen molar-refractivity contribution in [3.8, 4) is 11.5 Å². The Kier molecular flexibility index (Phi) is 6.05. The number of hydrogen-bond donors (Lipinski definition) is 1. The summed E-state index contributed by atoms with van der Waals surface area (Å²) in [6.07, 6.45) is 2.46. The molecule has 2 unspecified atom stereocenters. The third-order valence-electron chi connectivity index (χ3n) is 3.63. The van der Waals surface area contributed by atoms with Gasteiger partial charge in [0.25, 0.3) is 0 Å². The van der Waals surface area contributed by atoms with E-state index in [0.717, 1.165) is 30.9 Å².